The normalized spacial score (nSPS) is 30.4. The van der Waals surface area contributed by atoms with E-state index < -0.39 is 0 Å². The Bertz CT molecular complexity index is 192. The first-order chi connectivity index (χ1) is 7.10. The van der Waals surface area contributed by atoms with Gasteiger partial charge < -0.3 is 14.8 Å². The summed E-state index contributed by atoms with van der Waals surface area (Å²) >= 11 is 0. The van der Waals surface area contributed by atoms with Crippen molar-refractivity contribution in [1.82, 2.24) is 5.32 Å². The number of rotatable bonds is 5. The third-order valence-electron chi connectivity index (χ3n) is 3.53. The first-order valence-electron chi connectivity index (χ1n) is 5.99. The van der Waals surface area contributed by atoms with Crippen molar-refractivity contribution in [2.75, 3.05) is 26.8 Å². The highest BCUT2D eigenvalue weighted by Gasteiger charge is 2.40. The highest BCUT2D eigenvalue weighted by Crippen LogP contribution is 2.31. The molecule has 3 heteroatoms. The Labute approximate surface area is 93.5 Å². The molecule has 1 fully saturated rings. The third kappa shape index (κ3) is 3.16. The minimum absolute atomic E-state index is 0.0285. The Balaban J connectivity index is 2.60. The lowest BCUT2D eigenvalue weighted by molar-refractivity contribution is -0.179. The van der Waals surface area contributed by atoms with Crippen LogP contribution < -0.4 is 5.32 Å². The van der Waals surface area contributed by atoms with Crippen LogP contribution in [0.2, 0.25) is 0 Å². The van der Waals surface area contributed by atoms with Crippen molar-refractivity contribution < 1.29 is 9.47 Å². The third-order valence-corrected chi connectivity index (χ3v) is 3.53. The van der Waals surface area contributed by atoms with Gasteiger partial charge in [-0.2, -0.15) is 0 Å². The maximum atomic E-state index is 6.32. The second-order valence-corrected chi connectivity index (χ2v) is 4.79. The fourth-order valence-electron chi connectivity index (χ4n) is 2.25. The number of hydrogen-bond acceptors (Lipinski definition) is 3. The van der Waals surface area contributed by atoms with Crippen LogP contribution in [0.3, 0.4) is 0 Å². The summed E-state index contributed by atoms with van der Waals surface area (Å²) in [4.78, 5) is 0. The lowest BCUT2D eigenvalue weighted by Gasteiger charge is -2.47. The van der Waals surface area contributed by atoms with E-state index in [4.69, 9.17) is 9.47 Å². The van der Waals surface area contributed by atoms with E-state index in [1.54, 1.807) is 7.11 Å². The average molecular weight is 215 g/mol. The van der Waals surface area contributed by atoms with Crippen molar-refractivity contribution >= 4 is 0 Å². The molecule has 1 heterocycles. The van der Waals surface area contributed by atoms with Gasteiger partial charge in [-0.05, 0) is 19.8 Å². The predicted molar refractivity (Wildman–Crippen MR) is 62.2 cm³/mol. The molecule has 15 heavy (non-hydrogen) atoms. The fourth-order valence-corrected chi connectivity index (χ4v) is 2.25. The average Bonchev–Trinajstić information content (AvgIpc) is 2.26. The van der Waals surface area contributed by atoms with Gasteiger partial charge in [-0.1, -0.05) is 13.8 Å². The van der Waals surface area contributed by atoms with Gasteiger partial charge in [0.1, 0.15) is 0 Å². The monoisotopic (exact) mass is 215 g/mol. The van der Waals surface area contributed by atoms with Gasteiger partial charge in [-0.3, -0.25) is 0 Å². The lowest BCUT2D eigenvalue weighted by atomic mass is 9.90. The van der Waals surface area contributed by atoms with Gasteiger partial charge in [0.25, 0.3) is 0 Å². The molecule has 0 aliphatic carbocycles. The minimum Gasteiger partial charge on any atom is -0.385 e. The smallest absolute Gasteiger partial charge is 0.0809 e. The highest BCUT2D eigenvalue weighted by atomic mass is 16.5. The number of ether oxygens (including phenoxy) is 2. The summed E-state index contributed by atoms with van der Waals surface area (Å²) < 4.78 is 11.5. The molecule has 1 N–H and O–H groups in total. The van der Waals surface area contributed by atoms with E-state index in [9.17, 15) is 0 Å². The van der Waals surface area contributed by atoms with Gasteiger partial charge >= 0.3 is 0 Å². The van der Waals surface area contributed by atoms with Gasteiger partial charge in [-0.25, -0.2) is 0 Å². The molecule has 1 atom stereocenters. The Kier molecular flexibility index (Phi) is 4.56. The zero-order valence-corrected chi connectivity index (χ0v) is 10.6. The zero-order valence-electron chi connectivity index (χ0n) is 10.6. The molecule has 1 aliphatic heterocycles. The van der Waals surface area contributed by atoms with Crippen molar-refractivity contribution in [1.29, 1.82) is 0 Å². The van der Waals surface area contributed by atoms with E-state index in [1.165, 1.54) is 0 Å². The Morgan fingerprint density at radius 3 is 2.47 bits per heavy atom. The van der Waals surface area contributed by atoms with E-state index in [1.807, 2.05) is 0 Å². The van der Waals surface area contributed by atoms with Crippen LogP contribution in [0.15, 0.2) is 0 Å². The van der Waals surface area contributed by atoms with Gasteiger partial charge in [0.2, 0.25) is 0 Å². The first kappa shape index (κ1) is 12.9. The standard InChI is InChI=1S/C12H25NO2/c1-5-12(6-2)10-13-9-11(3,15-12)7-8-14-4/h13H,5-10H2,1-4H3. The van der Waals surface area contributed by atoms with Gasteiger partial charge in [0, 0.05) is 33.2 Å². The van der Waals surface area contributed by atoms with Crippen LogP contribution in [-0.2, 0) is 9.47 Å². The fraction of sp³-hybridized carbons (Fsp3) is 1.00. The summed E-state index contributed by atoms with van der Waals surface area (Å²) in [5, 5.41) is 3.50. The Morgan fingerprint density at radius 2 is 1.93 bits per heavy atom. The molecule has 1 saturated heterocycles. The molecule has 1 rings (SSSR count). The maximum absolute atomic E-state index is 6.32. The number of hydrogen-bond donors (Lipinski definition) is 1. The van der Waals surface area contributed by atoms with Crippen LogP contribution in [0, 0.1) is 0 Å². The molecule has 0 aromatic heterocycles. The second-order valence-electron chi connectivity index (χ2n) is 4.79. The summed E-state index contributed by atoms with van der Waals surface area (Å²) in [7, 11) is 1.74. The van der Waals surface area contributed by atoms with Gasteiger partial charge in [0.05, 0.1) is 11.2 Å². The van der Waals surface area contributed by atoms with Crippen LogP contribution >= 0.6 is 0 Å². The molecule has 0 spiro atoms. The molecule has 0 bridgehead atoms. The van der Waals surface area contributed by atoms with Crippen LogP contribution in [0.5, 0.6) is 0 Å². The van der Waals surface area contributed by atoms with Gasteiger partial charge in [-0.15, -0.1) is 0 Å². The maximum Gasteiger partial charge on any atom is 0.0809 e. The first-order valence-corrected chi connectivity index (χ1v) is 5.99. The largest absolute Gasteiger partial charge is 0.385 e. The second kappa shape index (κ2) is 5.28. The van der Waals surface area contributed by atoms with Crippen LogP contribution in [0.25, 0.3) is 0 Å². The molecule has 0 amide bonds. The molecule has 90 valence electrons. The summed E-state index contributed by atoms with van der Waals surface area (Å²) in [5.41, 5.74) is -0.0407. The molecule has 0 radical (unpaired) electrons. The van der Waals surface area contributed by atoms with Crippen LogP contribution in [0.1, 0.15) is 40.0 Å². The molecule has 0 aromatic rings. The summed E-state index contributed by atoms with van der Waals surface area (Å²) in [6.07, 6.45) is 3.09. The topological polar surface area (TPSA) is 30.5 Å². The Morgan fingerprint density at radius 1 is 1.27 bits per heavy atom. The molecule has 1 aliphatic rings. The highest BCUT2D eigenvalue weighted by molar-refractivity contribution is 4.93. The van der Waals surface area contributed by atoms with Crippen LogP contribution in [0.4, 0.5) is 0 Å². The summed E-state index contributed by atoms with van der Waals surface area (Å²) in [6.45, 7) is 9.25. The van der Waals surface area contributed by atoms with Crippen molar-refractivity contribution in [2.24, 2.45) is 0 Å². The van der Waals surface area contributed by atoms with Crippen molar-refractivity contribution in [2.45, 2.75) is 51.2 Å². The van der Waals surface area contributed by atoms with Crippen molar-refractivity contribution in [3.8, 4) is 0 Å². The van der Waals surface area contributed by atoms with Crippen molar-refractivity contribution in [3.63, 3.8) is 0 Å². The zero-order chi connectivity index (χ0) is 11.4. The molecular formula is C12H25NO2. The summed E-state index contributed by atoms with van der Waals surface area (Å²) in [6, 6.07) is 0. The number of nitrogens with one attached hydrogen (secondary N) is 1. The van der Waals surface area contributed by atoms with E-state index in [0.29, 0.717) is 0 Å². The molecule has 0 saturated carbocycles. The molecular weight excluding hydrogens is 190 g/mol. The van der Waals surface area contributed by atoms with Gasteiger partial charge in [0.15, 0.2) is 0 Å². The van der Waals surface area contributed by atoms with E-state index >= 15 is 0 Å². The Hall–Kier alpha value is -0.120. The quantitative estimate of drug-likeness (QED) is 0.760. The predicted octanol–water partition coefficient (Wildman–Crippen LogP) is 1.96. The van der Waals surface area contributed by atoms with E-state index in [-0.39, 0.29) is 11.2 Å². The lowest BCUT2D eigenvalue weighted by Crippen LogP contribution is -2.59. The molecule has 0 aromatic carbocycles. The molecule has 3 nitrogen and oxygen atoms in total. The van der Waals surface area contributed by atoms with E-state index in [2.05, 4.69) is 26.1 Å². The van der Waals surface area contributed by atoms with Crippen molar-refractivity contribution in [3.05, 3.63) is 0 Å². The summed E-state index contributed by atoms with van der Waals surface area (Å²) in [5.74, 6) is 0. The minimum atomic E-state index is -0.0692. The van der Waals surface area contributed by atoms with E-state index in [0.717, 1.165) is 39.0 Å². The van der Waals surface area contributed by atoms with Crippen LogP contribution in [-0.4, -0.2) is 38.0 Å². The number of morpholine rings is 1. The SMILES string of the molecule is CCC1(CC)CNCC(C)(CCOC)O1. The molecule has 1 unspecified atom stereocenters. The number of methoxy groups -OCH3 is 1.